The van der Waals surface area contributed by atoms with Gasteiger partial charge in [0, 0.05) is 11.8 Å². The van der Waals surface area contributed by atoms with Crippen molar-refractivity contribution in [1.82, 2.24) is 0 Å². The molecule has 0 aliphatic rings. The highest BCUT2D eigenvalue weighted by Crippen LogP contribution is 2.58. The summed E-state index contributed by atoms with van der Waals surface area (Å²) in [4.78, 5) is 0. The molecule has 0 saturated heterocycles. The fourth-order valence-corrected chi connectivity index (χ4v) is 6.53. The van der Waals surface area contributed by atoms with Crippen LogP contribution in [-0.2, 0) is 9.09 Å². The van der Waals surface area contributed by atoms with Gasteiger partial charge >= 0.3 is 0 Å². The van der Waals surface area contributed by atoms with Crippen LogP contribution in [0.25, 0.3) is 0 Å². The monoisotopic (exact) mass is 402 g/mol. The highest BCUT2D eigenvalue weighted by Gasteiger charge is 2.38. The topological polar surface area (TPSA) is 26.3 Å². The smallest absolute Gasteiger partial charge is 0.206 e. The van der Waals surface area contributed by atoms with Crippen LogP contribution in [0.1, 0.15) is 115 Å². The molecule has 0 fully saturated rings. The second-order valence-electron chi connectivity index (χ2n) is 13.4. The summed E-state index contributed by atoms with van der Waals surface area (Å²) in [7, 11) is -2.69. The Labute approximate surface area is 172 Å². The first-order valence-corrected chi connectivity index (χ1v) is 12.8. The summed E-state index contributed by atoms with van der Waals surface area (Å²) in [6.45, 7) is 27.6. The van der Waals surface area contributed by atoms with E-state index in [1.807, 2.05) is 0 Å². The van der Waals surface area contributed by atoms with E-state index >= 15 is 0 Å². The summed E-state index contributed by atoms with van der Waals surface area (Å²) in [5, 5.41) is 0. The van der Waals surface area contributed by atoms with Crippen molar-refractivity contribution in [2.75, 3.05) is 12.8 Å². The lowest BCUT2D eigenvalue weighted by Gasteiger charge is -2.35. The molecule has 0 heterocycles. The normalized spacial score (nSPS) is 17.6. The molecule has 0 aromatic heterocycles. The number of hydrogen-bond donors (Lipinski definition) is 0. The third kappa shape index (κ3) is 14.8. The van der Waals surface area contributed by atoms with Crippen LogP contribution in [-0.4, -0.2) is 18.4 Å². The van der Waals surface area contributed by atoms with Crippen molar-refractivity contribution in [3.05, 3.63) is 0 Å². The van der Waals surface area contributed by atoms with Gasteiger partial charge in [-0.25, -0.2) is 0 Å². The van der Waals surface area contributed by atoms with E-state index in [-0.39, 0.29) is 27.3 Å². The minimum Gasteiger partial charge on any atom is -0.328 e. The largest absolute Gasteiger partial charge is 0.328 e. The van der Waals surface area contributed by atoms with E-state index in [9.17, 15) is 4.57 Å². The van der Waals surface area contributed by atoms with E-state index < -0.39 is 7.37 Å². The molecule has 0 spiro atoms. The van der Waals surface area contributed by atoms with Crippen molar-refractivity contribution in [3.63, 3.8) is 0 Å². The molecule has 3 heteroatoms. The summed E-state index contributed by atoms with van der Waals surface area (Å²) >= 11 is 0. The predicted octanol–water partition coefficient (Wildman–Crippen LogP) is 8.78. The average Bonchev–Trinajstić information content (AvgIpc) is 2.37. The van der Waals surface area contributed by atoms with Gasteiger partial charge in [-0.1, -0.05) is 83.1 Å². The maximum Gasteiger partial charge on any atom is 0.206 e. The average molecular weight is 403 g/mol. The van der Waals surface area contributed by atoms with Crippen molar-refractivity contribution >= 4 is 7.37 Å². The number of rotatable bonds is 9. The fraction of sp³-hybridized carbons (Fsp3) is 1.00. The Bertz CT molecular complexity index is 467. The van der Waals surface area contributed by atoms with Gasteiger partial charge in [-0.05, 0) is 53.8 Å². The zero-order valence-corrected chi connectivity index (χ0v) is 21.7. The van der Waals surface area contributed by atoms with Crippen LogP contribution in [0.2, 0.25) is 0 Å². The standard InChI is InChI=1S/C24H51O2P/c1-21(2,3)14-13-20(19-24(10,11)12)27(25,18-16-23(7,8)9)26-17-15-22(4,5)6/h20H,13-19H2,1-12H3. The van der Waals surface area contributed by atoms with E-state index in [2.05, 4.69) is 83.1 Å². The molecule has 27 heavy (non-hydrogen) atoms. The molecule has 0 bridgehead atoms. The van der Waals surface area contributed by atoms with E-state index in [4.69, 9.17) is 4.52 Å². The summed E-state index contributed by atoms with van der Waals surface area (Å²) in [5.74, 6) is 0. The highest BCUT2D eigenvalue weighted by atomic mass is 31.2. The van der Waals surface area contributed by atoms with Crippen molar-refractivity contribution < 1.29 is 9.09 Å². The molecule has 2 unspecified atom stereocenters. The summed E-state index contributed by atoms with van der Waals surface area (Å²) in [5.41, 5.74) is 0.974. The third-order valence-electron chi connectivity index (χ3n) is 4.97. The third-order valence-corrected chi connectivity index (χ3v) is 7.99. The maximum atomic E-state index is 14.2. The lowest BCUT2D eigenvalue weighted by atomic mass is 9.85. The first-order valence-electron chi connectivity index (χ1n) is 11.0. The molecule has 0 aliphatic heterocycles. The van der Waals surface area contributed by atoms with Crippen LogP contribution in [0.4, 0.5) is 0 Å². The Morgan fingerprint density at radius 3 is 1.48 bits per heavy atom. The lowest BCUT2D eigenvalue weighted by Crippen LogP contribution is -2.24. The fourth-order valence-electron chi connectivity index (χ4n) is 3.09. The summed E-state index contributed by atoms with van der Waals surface area (Å²) < 4.78 is 20.5. The molecule has 0 radical (unpaired) electrons. The Hall–Kier alpha value is 0.190. The Morgan fingerprint density at radius 2 is 1.11 bits per heavy atom. The van der Waals surface area contributed by atoms with Crippen LogP contribution < -0.4 is 0 Å². The zero-order chi connectivity index (χ0) is 21.7. The van der Waals surface area contributed by atoms with Crippen LogP contribution in [0.15, 0.2) is 0 Å². The first-order chi connectivity index (χ1) is 11.7. The van der Waals surface area contributed by atoms with Gasteiger partial charge in [0.2, 0.25) is 7.37 Å². The van der Waals surface area contributed by atoms with Gasteiger partial charge in [-0.2, -0.15) is 0 Å². The number of hydrogen-bond acceptors (Lipinski definition) is 2. The minimum absolute atomic E-state index is 0.160. The van der Waals surface area contributed by atoms with Gasteiger partial charge in [0.15, 0.2) is 0 Å². The Kier molecular flexibility index (Phi) is 9.86. The minimum atomic E-state index is -2.69. The van der Waals surface area contributed by atoms with E-state index in [0.717, 1.165) is 32.1 Å². The van der Waals surface area contributed by atoms with E-state index in [1.54, 1.807) is 0 Å². The SMILES string of the molecule is CC(C)(C)CCOP(=O)(CCC(C)(C)C)C(CCC(C)(C)C)CC(C)(C)C. The Morgan fingerprint density at radius 1 is 0.667 bits per heavy atom. The first kappa shape index (κ1) is 27.2. The van der Waals surface area contributed by atoms with Gasteiger partial charge in [0.25, 0.3) is 0 Å². The molecular weight excluding hydrogens is 351 g/mol. The maximum absolute atomic E-state index is 14.2. The molecule has 0 amide bonds. The van der Waals surface area contributed by atoms with Gasteiger partial charge in [0.1, 0.15) is 0 Å². The highest BCUT2D eigenvalue weighted by molar-refractivity contribution is 7.59. The van der Waals surface area contributed by atoms with Crippen molar-refractivity contribution in [2.24, 2.45) is 21.7 Å². The van der Waals surface area contributed by atoms with Crippen molar-refractivity contribution in [1.29, 1.82) is 0 Å². The quantitative estimate of drug-likeness (QED) is 0.360. The van der Waals surface area contributed by atoms with Gasteiger partial charge in [0.05, 0.1) is 6.61 Å². The second kappa shape index (κ2) is 9.80. The van der Waals surface area contributed by atoms with E-state index in [1.165, 1.54) is 0 Å². The van der Waals surface area contributed by atoms with E-state index in [0.29, 0.717) is 12.8 Å². The van der Waals surface area contributed by atoms with Crippen LogP contribution in [0, 0.1) is 21.7 Å². The second-order valence-corrected chi connectivity index (χ2v) is 16.3. The molecule has 2 atom stereocenters. The molecule has 0 aliphatic carbocycles. The van der Waals surface area contributed by atoms with Gasteiger partial charge in [-0.15, -0.1) is 0 Å². The van der Waals surface area contributed by atoms with Crippen LogP contribution in [0.3, 0.4) is 0 Å². The Balaban J connectivity index is 5.53. The van der Waals surface area contributed by atoms with Crippen molar-refractivity contribution in [2.45, 2.75) is 121 Å². The lowest BCUT2D eigenvalue weighted by molar-refractivity contribution is 0.228. The van der Waals surface area contributed by atoms with Crippen LogP contribution in [0.5, 0.6) is 0 Å². The molecule has 2 nitrogen and oxygen atoms in total. The summed E-state index contributed by atoms with van der Waals surface area (Å²) in [6.07, 6.45) is 5.68. The van der Waals surface area contributed by atoms with Gasteiger partial charge < -0.3 is 4.52 Å². The van der Waals surface area contributed by atoms with Crippen molar-refractivity contribution in [3.8, 4) is 0 Å². The molecule has 0 aromatic rings. The van der Waals surface area contributed by atoms with Crippen LogP contribution >= 0.6 is 7.37 Å². The molecular formula is C24H51O2P. The van der Waals surface area contributed by atoms with Gasteiger partial charge in [-0.3, -0.25) is 4.57 Å². The zero-order valence-electron chi connectivity index (χ0n) is 20.8. The molecule has 0 rings (SSSR count). The summed E-state index contributed by atoms with van der Waals surface area (Å²) in [6, 6.07) is 0. The molecule has 0 N–H and O–H groups in total. The molecule has 0 aromatic carbocycles. The predicted molar refractivity (Wildman–Crippen MR) is 123 cm³/mol. The molecule has 164 valence electrons. The molecule has 0 saturated carbocycles.